The molecule has 1 unspecified atom stereocenters. The van der Waals surface area contributed by atoms with Gasteiger partial charge in [-0.15, -0.1) is 0 Å². The van der Waals surface area contributed by atoms with Gasteiger partial charge in [0.05, 0.1) is 13.2 Å². The van der Waals surface area contributed by atoms with Gasteiger partial charge in [0.1, 0.15) is 0 Å². The molecule has 1 fully saturated rings. The van der Waals surface area contributed by atoms with Crippen LogP contribution in [0.25, 0.3) is 0 Å². The molecule has 0 aromatic rings. The van der Waals surface area contributed by atoms with Crippen LogP contribution in [0.1, 0.15) is 19.8 Å². The first-order chi connectivity index (χ1) is 7.09. The molecule has 1 heterocycles. The highest BCUT2D eigenvalue weighted by molar-refractivity contribution is 5.74. The van der Waals surface area contributed by atoms with Crippen LogP contribution in [0.2, 0.25) is 0 Å². The Kier molecular flexibility index (Phi) is 4.55. The zero-order valence-corrected chi connectivity index (χ0v) is 9.07. The number of nitrogens with two attached hydrogens (primary N) is 1. The molecule has 1 saturated heterocycles. The number of hydrogen-bond acceptors (Lipinski definition) is 3. The van der Waals surface area contributed by atoms with Crippen LogP contribution in [0.3, 0.4) is 0 Å². The van der Waals surface area contributed by atoms with E-state index >= 15 is 0 Å². The van der Waals surface area contributed by atoms with Gasteiger partial charge in [0.25, 0.3) is 0 Å². The number of ether oxygens (including phenoxy) is 1. The van der Waals surface area contributed by atoms with Crippen LogP contribution >= 0.6 is 0 Å². The van der Waals surface area contributed by atoms with E-state index in [0.717, 1.165) is 19.5 Å². The normalized spacial score (nSPS) is 20.6. The molecular formula is C10H18N2O3. The van der Waals surface area contributed by atoms with E-state index in [0.29, 0.717) is 19.1 Å². The third-order valence-electron chi connectivity index (χ3n) is 2.58. The Morgan fingerprint density at radius 3 is 2.80 bits per heavy atom. The summed E-state index contributed by atoms with van der Waals surface area (Å²) in [6, 6.07) is 0. The number of likely N-dealkylation sites (tertiary alicyclic amines) is 1. The van der Waals surface area contributed by atoms with Crippen LogP contribution in [-0.4, -0.2) is 43.0 Å². The summed E-state index contributed by atoms with van der Waals surface area (Å²) < 4.78 is 5.32. The number of carbonyl (C=O) groups excluding carboxylic acids is 2. The lowest BCUT2D eigenvalue weighted by molar-refractivity contribution is -0.128. The van der Waals surface area contributed by atoms with Crippen molar-refractivity contribution < 1.29 is 14.3 Å². The molecule has 1 rings (SSSR count). The molecule has 1 atom stereocenters. The summed E-state index contributed by atoms with van der Waals surface area (Å²) in [6.45, 7) is 4.16. The smallest absolute Gasteiger partial charge is 0.219 e. The summed E-state index contributed by atoms with van der Waals surface area (Å²) in [5.41, 5.74) is 4.98. The van der Waals surface area contributed by atoms with Crippen molar-refractivity contribution in [2.75, 3.05) is 26.3 Å². The van der Waals surface area contributed by atoms with E-state index in [1.165, 1.54) is 0 Å². The molecular weight excluding hydrogens is 196 g/mol. The molecule has 15 heavy (non-hydrogen) atoms. The first kappa shape index (κ1) is 12.0. The van der Waals surface area contributed by atoms with Gasteiger partial charge in [0.15, 0.2) is 0 Å². The van der Waals surface area contributed by atoms with Crippen molar-refractivity contribution in [3.63, 3.8) is 0 Å². The van der Waals surface area contributed by atoms with E-state index in [4.69, 9.17) is 10.5 Å². The van der Waals surface area contributed by atoms with Crippen molar-refractivity contribution in [2.45, 2.75) is 19.8 Å². The minimum Gasteiger partial charge on any atom is -0.381 e. The molecule has 1 aliphatic heterocycles. The first-order valence-corrected chi connectivity index (χ1v) is 5.21. The minimum absolute atomic E-state index is 0.120. The standard InChI is InChI=1S/C10H18N2O3/c1-8(13)12-4-2-9(6-12)7-15-5-3-10(11)14/h9H,2-7H2,1H3,(H2,11,14). The molecule has 86 valence electrons. The van der Waals surface area contributed by atoms with Crippen LogP contribution in [0.5, 0.6) is 0 Å². The van der Waals surface area contributed by atoms with Crippen LogP contribution in [0.15, 0.2) is 0 Å². The molecule has 0 bridgehead atoms. The van der Waals surface area contributed by atoms with E-state index in [-0.39, 0.29) is 18.2 Å². The highest BCUT2D eigenvalue weighted by atomic mass is 16.5. The van der Waals surface area contributed by atoms with Crippen molar-refractivity contribution in [1.82, 2.24) is 4.90 Å². The maximum absolute atomic E-state index is 11.0. The third-order valence-corrected chi connectivity index (χ3v) is 2.58. The molecule has 5 heteroatoms. The number of primary amides is 1. The number of carbonyl (C=O) groups is 2. The summed E-state index contributed by atoms with van der Waals surface area (Å²) in [6.07, 6.45) is 1.25. The molecule has 1 aliphatic rings. The summed E-state index contributed by atoms with van der Waals surface area (Å²) in [4.78, 5) is 23.3. The molecule has 0 spiro atoms. The highest BCUT2D eigenvalue weighted by Crippen LogP contribution is 2.16. The molecule has 0 radical (unpaired) electrons. The van der Waals surface area contributed by atoms with Gasteiger partial charge in [-0.25, -0.2) is 0 Å². The Bertz CT molecular complexity index is 243. The fourth-order valence-electron chi connectivity index (χ4n) is 1.68. The predicted octanol–water partition coefficient (Wildman–Crippen LogP) is -0.253. The summed E-state index contributed by atoms with van der Waals surface area (Å²) in [7, 11) is 0. The Morgan fingerprint density at radius 2 is 2.27 bits per heavy atom. The maximum Gasteiger partial charge on any atom is 0.219 e. The van der Waals surface area contributed by atoms with Gasteiger partial charge in [-0.1, -0.05) is 0 Å². The van der Waals surface area contributed by atoms with Gasteiger partial charge in [0, 0.05) is 32.4 Å². The van der Waals surface area contributed by atoms with Crippen molar-refractivity contribution >= 4 is 11.8 Å². The summed E-state index contributed by atoms with van der Waals surface area (Å²) in [5, 5.41) is 0. The van der Waals surface area contributed by atoms with E-state index < -0.39 is 0 Å². The molecule has 0 saturated carbocycles. The lowest BCUT2D eigenvalue weighted by Crippen LogP contribution is -2.26. The maximum atomic E-state index is 11.0. The Balaban J connectivity index is 2.09. The average molecular weight is 214 g/mol. The third kappa shape index (κ3) is 4.29. The van der Waals surface area contributed by atoms with Gasteiger partial charge in [-0.2, -0.15) is 0 Å². The molecule has 0 aromatic heterocycles. The summed E-state index contributed by atoms with van der Waals surface area (Å²) in [5.74, 6) is 0.184. The van der Waals surface area contributed by atoms with Crippen LogP contribution < -0.4 is 5.73 Å². The molecule has 2 N–H and O–H groups in total. The second-order valence-electron chi connectivity index (χ2n) is 3.91. The lowest BCUT2D eigenvalue weighted by atomic mass is 10.1. The highest BCUT2D eigenvalue weighted by Gasteiger charge is 2.23. The fourth-order valence-corrected chi connectivity index (χ4v) is 1.68. The number of hydrogen-bond donors (Lipinski definition) is 1. The fraction of sp³-hybridized carbons (Fsp3) is 0.800. The lowest BCUT2D eigenvalue weighted by Gasteiger charge is -2.13. The second-order valence-corrected chi connectivity index (χ2v) is 3.91. The molecule has 0 aromatic carbocycles. The van der Waals surface area contributed by atoms with E-state index in [1.54, 1.807) is 6.92 Å². The Morgan fingerprint density at radius 1 is 1.53 bits per heavy atom. The number of amides is 2. The van der Waals surface area contributed by atoms with Crippen molar-refractivity contribution in [1.29, 1.82) is 0 Å². The second kappa shape index (κ2) is 5.70. The van der Waals surface area contributed by atoms with Gasteiger partial charge in [0.2, 0.25) is 11.8 Å². The van der Waals surface area contributed by atoms with E-state index in [1.807, 2.05) is 4.90 Å². The van der Waals surface area contributed by atoms with E-state index in [9.17, 15) is 9.59 Å². The molecule has 0 aliphatic carbocycles. The largest absolute Gasteiger partial charge is 0.381 e. The van der Waals surface area contributed by atoms with Gasteiger partial charge in [-0.05, 0) is 6.42 Å². The quantitative estimate of drug-likeness (QED) is 0.641. The van der Waals surface area contributed by atoms with E-state index in [2.05, 4.69) is 0 Å². The first-order valence-electron chi connectivity index (χ1n) is 5.21. The Labute approximate surface area is 89.6 Å². The monoisotopic (exact) mass is 214 g/mol. The zero-order valence-electron chi connectivity index (χ0n) is 9.07. The number of nitrogens with zero attached hydrogens (tertiary/aromatic N) is 1. The van der Waals surface area contributed by atoms with Gasteiger partial charge in [-0.3, -0.25) is 9.59 Å². The van der Waals surface area contributed by atoms with Gasteiger partial charge >= 0.3 is 0 Å². The topological polar surface area (TPSA) is 72.6 Å². The van der Waals surface area contributed by atoms with Gasteiger partial charge < -0.3 is 15.4 Å². The van der Waals surface area contributed by atoms with Crippen LogP contribution in [0, 0.1) is 5.92 Å². The predicted molar refractivity (Wildman–Crippen MR) is 55.0 cm³/mol. The Hall–Kier alpha value is -1.10. The summed E-state index contributed by atoms with van der Waals surface area (Å²) >= 11 is 0. The number of rotatable bonds is 5. The van der Waals surface area contributed by atoms with Crippen LogP contribution in [0.4, 0.5) is 0 Å². The zero-order chi connectivity index (χ0) is 11.3. The van der Waals surface area contributed by atoms with Crippen LogP contribution in [-0.2, 0) is 14.3 Å². The van der Waals surface area contributed by atoms with Crippen molar-refractivity contribution in [3.05, 3.63) is 0 Å². The molecule has 2 amide bonds. The molecule has 5 nitrogen and oxygen atoms in total. The van der Waals surface area contributed by atoms with Crippen molar-refractivity contribution in [3.8, 4) is 0 Å². The van der Waals surface area contributed by atoms with Crippen molar-refractivity contribution in [2.24, 2.45) is 11.7 Å². The minimum atomic E-state index is -0.341. The SMILES string of the molecule is CC(=O)N1CCC(COCCC(N)=O)C1. The average Bonchev–Trinajstić information content (AvgIpc) is 2.60.